The predicted molar refractivity (Wildman–Crippen MR) is 120 cm³/mol. The summed E-state index contributed by atoms with van der Waals surface area (Å²) >= 11 is 0. The maximum Gasteiger partial charge on any atom is 0.305 e. The van der Waals surface area contributed by atoms with Crippen LogP contribution in [0.25, 0.3) is 10.9 Å². The van der Waals surface area contributed by atoms with Crippen LogP contribution >= 0.6 is 0 Å². The fourth-order valence-corrected chi connectivity index (χ4v) is 4.12. The molecule has 4 amide bonds. The number of fused-ring (bicyclic) bond motifs is 2. The van der Waals surface area contributed by atoms with Gasteiger partial charge < -0.3 is 25.5 Å². The van der Waals surface area contributed by atoms with Crippen LogP contribution in [0.15, 0.2) is 42.6 Å². The van der Waals surface area contributed by atoms with Crippen LogP contribution in [0, 0.1) is 0 Å². The fourth-order valence-electron chi connectivity index (χ4n) is 4.12. The van der Waals surface area contributed by atoms with E-state index < -0.39 is 54.1 Å². The number of carboxylic acid groups (broad SMARTS) is 1. The Morgan fingerprint density at radius 2 is 2.00 bits per heavy atom. The summed E-state index contributed by atoms with van der Waals surface area (Å²) in [6, 6.07) is 5.32. The summed E-state index contributed by atoms with van der Waals surface area (Å²) < 4.78 is 0. The number of hydrogen-bond acceptors (Lipinski definition) is 6. The first-order valence-electron chi connectivity index (χ1n) is 11.0. The zero-order chi connectivity index (χ0) is 25.1. The van der Waals surface area contributed by atoms with Crippen molar-refractivity contribution in [3.8, 4) is 0 Å². The number of amides is 4. The monoisotopic (exact) mass is 481 g/mol. The van der Waals surface area contributed by atoms with Gasteiger partial charge in [-0.3, -0.25) is 24.0 Å². The lowest BCUT2D eigenvalue weighted by Gasteiger charge is -2.39. The molecule has 1 fully saturated rings. The van der Waals surface area contributed by atoms with Gasteiger partial charge in [0.05, 0.1) is 12.5 Å². The molecule has 2 aromatic rings. The van der Waals surface area contributed by atoms with Crippen molar-refractivity contribution >= 4 is 46.8 Å². The normalized spacial score (nSPS) is 20.7. The van der Waals surface area contributed by atoms with Gasteiger partial charge in [-0.25, -0.2) is 10.0 Å². The molecule has 1 aromatic carbocycles. The summed E-state index contributed by atoms with van der Waals surface area (Å²) in [6.45, 7) is 0. The molecule has 0 spiro atoms. The zero-order valence-corrected chi connectivity index (χ0v) is 18.5. The van der Waals surface area contributed by atoms with E-state index in [0.29, 0.717) is 6.29 Å². The number of aliphatic carboxylic acids is 1. The molecular formula is C23H23N5O7. The van der Waals surface area contributed by atoms with Gasteiger partial charge in [0.1, 0.15) is 24.1 Å². The van der Waals surface area contributed by atoms with E-state index in [4.69, 9.17) is 5.11 Å². The minimum atomic E-state index is -1.30. The molecule has 182 valence electrons. The number of carbonyl (C=O) groups excluding carboxylic acids is 5. The first-order chi connectivity index (χ1) is 16.8. The largest absolute Gasteiger partial charge is 0.481 e. The van der Waals surface area contributed by atoms with Gasteiger partial charge in [0.15, 0.2) is 0 Å². The molecule has 4 N–H and O–H groups in total. The maximum atomic E-state index is 13.4. The van der Waals surface area contributed by atoms with Gasteiger partial charge in [0, 0.05) is 23.5 Å². The number of carboxylic acids is 1. The van der Waals surface area contributed by atoms with Crippen LogP contribution in [0.5, 0.6) is 0 Å². The standard InChI is InChI=1S/C23H23N5O7/c29-12-14(11-20(31)32)24-22(34)18-6-3-9-27-19(30)8-7-16(23(35)28(18)27)26-21(33)17-10-13-4-1-2-5-15(13)25-17/h1-5,9-10,12,14,16,18,25H,6-8,11H2,(H,24,34)(H,26,33)(H,31,32)/t14-,16-,18-/m0/s1. The lowest BCUT2D eigenvalue weighted by atomic mass is 10.1. The molecule has 12 nitrogen and oxygen atoms in total. The Bertz CT molecular complexity index is 1200. The van der Waals surface area contributed by atoms with E-state index in [0.717, 1.165) is 20.9 Å². The molecule has 0 aliphatic carbocycles. The van der Waals surface area contributed by atoms with Gasteiger partial charge in [-0.2, -0.15) is 0 Å². The van der Waals surface area contributed by atoms with E-state index in [1.807, 2.05) is 18.2 Å². The van der Waals surface area contributed by atoms with Crippen LogP contribution in [0.2, 0.25) is 0 Å². The highest BCUT2D eigenvalue weighted by molar-refractivity contribution is 6.01. The van der Waals surface area contributed by atoms with E-state index in [1.165, 1.54) is 12.3 Å². The van der Waals surface area contributed by atoms with Crippen molar-refractivity contribution in [3.63, 3.8) is 0 Å². The maximum absolute atomic E-state index is 13.4. The molecule has 0 saturated carbocycles. The van der Waals surface area contributed by atoms with Crippen molar-refractivity contribution in [2.45, 2.75) is 43.8 Å². The van der Waals surface area contributed by atoms with Gasteiger partial charge >= 0.3 is 5.97 Å². The lowest BCUT2D eigenvalue weighted by Crippen LogP contribution is -2.62. The summed E-state index contributed by atoms with van der Waals surface area (Å²) in [5.41, 5.74) is 0.983. The van der Waals surface area contributed by atoms with Crippen molar-refractivity contribution in [3.05, 3.63) is 48.3 Å². The van der Waals surface area contributed by atoms with E-state index >= 15 is 0 Å². The summed E-state index contributed by atoms with van der Waals surface area (Å²) in [5.74, 6) is -3.75. The first-order valence-corrected chi connectivity index (χ1v) is 11.0. The zero-order valence-electron chi connectivity index (χ0n) is 18.5. The van der Waals surface area contributed by atoms with Gasteiger partial charge in [-0.05, 0) is 25.0 Å². The Balaban J connectivity index is 1.55. The average Bonchev–Trinajstić information content (AvgIpc) is 3.24. The topological polar surface area (TPSA) is 169 Å². The lowest BCUT2D eigenvalue weighted by molar-refractivity contribution is -0.166. The van der Waals surface area contributed by atoms with E-state index in [9.17, 15) is 28.8 Å². The van der Waals surface area contributed by atoms with E-state index in [-0.39, 0.29) is 25.0 Å². The van der Waals surface area contributed by atoms with E-state index in [2.05, 4.69) is 15.6 Å². The van der Waals surface area contributed by atoms with Crippen LogP contribution in [0.4, 0.5) is 0 Å². The van der Waals surface area contributed by atoms with E-state index in [1.54, 1.807) is 12.1 Å². The van der Waals surface area contributed by atoms with Crippen molar-refractivity contribution in [1.82, 2.24) is 25.6 Å². The third kappa shape index (κ3) is 4.90. The number of hydrazine groups is 1. The molecule has 3 atom stereocenters. The number of carbonyl (C=O) groups is 6. The highest BCUT2D eigenvalue weighted by atomic mass is 16.4. The molecule has 0 bridgehead atoms. The molecule has 0 radical (unpaired) electrons. The Labute approximate surface area is 198 Å². The van der Waals surface area contributed by atoms with Crippen LogP contribution in [0.1, 0.15) is 36.2 Å². The number of hydrogen-bond donors (Lipinski definition) is 4. The third-order valence-corrected chi connectivity index (χ3v) is 5.83. The van der Waals surface area contributed by atoms with Gasteiger partial charge in [0.2, 0.25) is 11.8 Å². The molecular weight excluding hydrogens is 458 g/mol. The van der Waals surface area contributed by atoms with Gasteiger partial charge in [-0.15, -0.1) is 0 Å². The molecule has 12 heteroatoms. The Morgan fingerprint density at radius 1 is 1.23 bits per heavy atom. The molecule has 1 aromatic heterocycles. The number of benzene rings is 1. The Morgan fingerprint density at radius 3 is 2.71 bits per heavy atom. The van der Waals surface area contributed by atoms with Crippen molar-refractivity contribution in [1.29, 1.82) is 0 Å². The summed E-state index contributed by atoms with van der Waals surface area (Å²) in [7, 11) is 0. The number of aromatic nitrogens is 1. The molecule has 1 saturated heterocycles. The predicted octanol–water partition coefficient (Wildman–Crippen LogP) is 0.0767. The highest BCUT2D eigenvalue weighted by Crippen LogP contribution is 2.24. The second-order valence-corrected chi connectivity index (χ2v) is 8.24. The van der Waals surface area contributed by atoms with Crippen molar-refractivity contribution in [2.75, 3.05) is 0 Å². The molecule has 2 aliphatic rings. The number of nitrogens with one attached hydrogen (secondary N) is 3. The van der Waals surface area contributed by atoms with Crippen LogP contribution in [-0.2, 0) is 24.0 Å². The Kier molecular flexibility index (Phi) is 6.62. The number of nitrogens with zero attached hydrogens (tertiary/aromatic N) is 2. The quantitative estimate of drug-likeness (QED) is 0.406. The van der Waals surface area contributed by atoms with Crippen LogP contribution in [-0.4, -0.2) is 74.1 Å². The number of H-pyrrole nitrogens is 1. The molecule has 3 heterocycles. The Hall–Kier alpha value is -4.48. The summed E-state index contributed by atoms with van der Waals surface area (Å²) in [5, 5.41) is 16.7. The van der Waals surface area contributed by atoms with Gasteiger partial charge in [-0.1, -0.05) is 24.3 Å². The third-order valence-electron chi connectivity index (χ3n) is 5.83. The number of rotatable bonds is 7. The van der Waals surface area contributed by atoms with Crippen LogP contribution in [0.3, 0.4) is 0 Å². The molecule has 35 heavy (non-hydrogen) atoms. The summed E-state index contributed by atoms with van der Waals surface area (Å²) in [6.07, 6.45) is 2.56. The second-order valence-electron chi connectivity index (χ2n) is 8.24. The first kappa shape index (κ1) is 23.7. The minimum Gasteiger partial charge on any atom is -0.481 e. The molecule has 0 unspecified atom stereocenters. The SMILES string of the molecule is O=C[C@H](CC(=O)O)NC(=O)[C@@H]1CC=CN2C(=O)CC[C@H](NC(=O)c3cc4ccccc4[nH]3)C(=O)N12. The molecule has 2 aliphatic heterocycles. The van der Waals surface area contributed by atoms with Crippen molar-refractivity contribution in [2.24, 2.45) is 0 Å². The second kappa shape index (κ2) is 9.79. The average molecular weight is 481 g/mol. The van der Waals surface area contributed by atoms with Crippen LogP contribution < -0.4 is 10.6 Å². The summed E-state index contributed by atoms with van der Waals surface area (Å²) in [4.78, 5) is 77.0. The van der Waals surface area contributed by atoms with Crippen molar-refractivity contribution < 1.29 is 33.9 Å². The number of aldehydes is 1. The minimum absolute atomic E-state index is 0.0226. The fraction of sp³-hybridized carbons (Fsp3) is 0.304. The smallest absolute Gasteiger partial charge is 0.305 e. The van der Waals surface area contributed by atoms with Gasteiger partial charge in [0.25, 0.3) is 11.8 Å². The molecule has 4 rings (SSSR count). The number of para-hydroxylation sites is 1. The number of aromatic amines is 1. The highest BCUT2D eigenvalue weighted by Gasteiger charge is 2.43.